The summed E-state index contributed by atoms with van der Waals surface area (Å²) in [4.78, 5) is 16.9. The molecule has 0 unspecified atom stereocenters. The van der Waals surface area contributed by atoms with Gasteiger partial charge in [0.05, 0.1) is 9.88 Å². The Morgan fingerprint density at radius 2 is 2.28 bits per heavy atom. The molecule has 1 atom stereocenters. The maximum absolute atomic E-state index is 11.8. The van der Waals surface area contributed by atoms with Crippen molar-refractivity contribution in [2.75, 3.05) is 0 Å². The number of thiazole rings is 1. The van der Waals surface area contributed by atoms with Crippen molar-refractivity contribution in [2.45, 2.75) is 59.2 Å². The van der Waals surface area contributed by atoms with Crippen molar-refractivity contribution in [1.29, 1.82) is 0 Å². The standard InChI is InChI=1S/C13H22N2O2S/c1-6-13(4,5)15-9(2)12(16)17-8-11-7-14-10(3)18-11/h7,9,15H,6,8H2,1-5H3/t9-/m1/s1. The van der Waals surface area contributed by atoms with Crippen LogP contribution in [0.25, 0.3) is 0 Å². The second kappa shape index (κ2) is 6.29. The first-order valence-corrected chi connectivity index (χ1v) is 7.01. The fraction of sp³-hybridized carbons (Fsp3) is 0.692. The van der Waals surface area contributed by atoms with Crippen molar-refractivity contribution < 1.29 is 9.53 Å². The van der Waals surface area contributed by atoms with Gasteiger partial charge in [0.2, 0.25) is 0 Å². The van der Waals surface area contributed by atoms with Gasteiger partial charge in [-0.25, -0.2) is 4.98 Å². The third-order valence-electron chi connectivity index (χ3n) is 2.87. The molecule has 0 spiro atoms. The third-order valence-corrected chi connectivity index (χ3v) is 3.76. The lowest BCUT2D eigenvalue weighted by atomic mass is 10.0. The van der Waals surface area contributed by atoms with Gasteiger partial charge >= 0.3 is 5.97 Å². The predicted molar refractivity (Wildman–Crippen MR) is 73.6 cm³/mol. The molecule has 0 aliphatic heterocycles. The van der Waals surface area contributed by atoms with Crippen LogP contribution in [-0.2, 0) is 16.1 Å². The summed E-state index contributed by atoms with van der Waals surface area (Å²) < 4.78 is 5.26. The van der Waals surface area contributed by atoms with E-state index in [1.54, 1.807) is 17.5 Å². The maximum atomic E-state index is 11.8. The van der Waals surface area contributed by atoms with E-state index in [2.05, 4.69) is 31.1 Å². The van der Waals surface area contributed by atoms with Gasteiger partial charge in [-0.05, 0) is 34.1 Å². The number of rotatable bonds is 6. The summed E-state index contributed by atoms with van der Waals surface area (Å²) in [6.45, 7) is 10.3. The smallest absolute Gasteiger partial charge is 0.323 e. The summed E-state index contributed by atoms with van der Waals surface area (Å²) in [5.41, 5.74) is -0.0560. The van der Waals surface area contributed by atoms with Gasteiger partial charge in [-0.1, -0.05) is 6.92 Å². The van der Waals surface area contributed by atoms with E-state index in [0.717, 1.165) is 16.3 Å². The van der Waals surface area contributed by atoms with E-state index < -0.39 is 0 Å². The molecule has 1 aromatic heterocycles. The molecule has 4 nitrogen and oxygen atoms in total. The zero-order valence-corrected chi connectivity index (χ0v) is 12.6. The first kappa shape index (κ1) is 15.1. The van der Waals surface area contributed by atoms with Crippen molar-refractivity contribution in [3.63, 3.8) is 0 Å². The number of esters is 1. The number of nitrogens with one attached hydrogen (secondary N) is 1. The molecule has 18 heavy (non-hydrogen) atoms. The van der Waals surface area contributed by atoms with Crippen molar-refractivity contribution >= 4 is 17.3 Å². The molecular weight excluding hydrogens is 248 g/mol. The molecule has 0 amide bonds. The number of nitrogens with zero attached hydrogens (tertiary/aromatic N) is 1. The Bertz CT molecular complexity index is 401. The summed E-state index contributed by atoms with van der Waals surface area (Å²) in [7, 11) is 0. The molecule has 5 heteroatoms. The van der Waals surface area contributed by atoms with Crippen LogP contribution < -0.4 is 5.32 Å². The maximum Gasteiger partial charge on any atom is 0.323 e. The highest BCUT2D eigenvalue weighted by atomic mass is 32.1. The third kappa shape index (κ3) is 4.74. The number of ether oxygens (including phenoxy) is 1. The van der Waals surface area contributed by atoms with Crippen molar-refractivity contribution in [1.82, 2.24) is 10.3 Å². The van der Waals surface area contributed by atoms with Gasteiger partial charge < -0.3 is 4.74 Å². The molecule has 0 saturated heterocycles. The highest BCUT2D eigenvalue weighted by Gasteiger charge is 2.23. The van der Waals surface area contributed by atoms with Crippen molar-refractivity contribution in [3.05, 3.63) is 16.1 Å². The Kier molecular flexibility index (Phi) is 5.28. The Morgan fingerprint density at radius 1 is 1.61 bits per heavy atom. The molecule has 1 rings (SSSR count). The van der Waals surface area contributed by atoms with Crippen molar-refractivity contribution in [2.24, 2.45) is 0 Å². The molecule has 1 aromatic rings. The van der Waals surface area contributed by atoms with E-state index in [1.165, 1.54) is 0 Å². The molecular formula is C13H22N2O2S. The van der Waals surface area contributed by atoms with Gasteiger partial charge in [0.15, 0.2) is 0 Å². The summed E-state index contributed by atoms with van der Waals surface area (Å²) in [6.07, 6.45) is 2.71. The Balaban J connectivity index is 2.41. The van der Waals surface area contributed by atoms with Crippen LogP contribution >= 0.6 is 11.3 Å². The minimum Gasteiger partial charge on any atom is -0.459 e. The van der Waals surface area contributed by atoms with Gasteiger partial charge in [-0.3, -0.25) is 10.1 Å². The summed E-state index contributed by atoms with van der Waals surface area (Å²) >= 11 is 1.55. The average Bonchev–Trinajstić information content (AvgIpc) is 2.71. The van der Waals surface area contributed by atoms with Gasteiger partial charge in [-0.2, -0.15) is 0 Å². The monoisotopic (exact) mass is 270 g/mol. The Labute approximate surface area is 113 Å². The second-order valence-electron chi connectivity index (χ2n) is 5.06. The molecule has 0 saturated carbocycles. The number of aryl methyl sites for hydroxylation is 1. The van der Waals surface area contributed by atoms with Crippen LogP contribution in [0.3, 0.4) is 0 Å². The zero-order chi connectivity index (χ0) is 13.8. The van der Waals surface area contributed by atoms with E-state index in [4.69, 9.17) is 4.74 Å². The lowest BCUT2D eigenvalue weighted by molar-refractivity contribution is -0.147. The van der Waals surface area contributed by atoms with Crippen LogP contribution in [0.5, 0.6) is 0 Å². The zero-order valence-electron chi connectivity index (χ0n) is 11.7. The quantitative estimate of drug-likeness (QED) is 0.807. The fourth-order valence-electron chi connectivity index (χ4n) is 1.49. The van der Waals surface area contributed by atoms with Gasteiger partial charge in [0.25, 0.3) is 0 Å². The molecule has 102 valence electrons. The summed E-state index contributed by atoms with van der Waals surface area (Å²) in [6, 6.07) is -0.297. The second-order valence-corrected chi connectivity index (χ2v) is 6.38. The molecule has 0 aromatic carbocycles. The normalized spacial score (nSPS) is 13.4. The van der Waals surface area contributed by atoms with E-state index in [9.17, 15) is 4.79 Å². The van der Waals surface area contributed by atoms with E-state index >= 15 is 0 Å². The van der Waals surface area contributed by atoms with Gasteiger partial charge in [0.1, 0.15) is 12.6 Å². The first-order chi connectivity index (χ1) is 8.34. The van der Waals surface area contributed by atoms with Crippen LogP contribution in [0.15, 0.2) is 6.20 Å². The van der Waals surface area contributed by atoms with Crippen LogP contribution in [0.4, 0.5) is 0 Å². The van der Waals surface area contributed by atoms with Gasteiger partial charge in [-0.15, -0.1) is 11.3 Å². The van der Waals surface area contributed by atoms with Crippen LogP contribution in [0, 0.1) is 6.92 Å². The molecule has 0 aliphatic rings. The molecule has 1 N–H and O–H groups in total. The Hall–Kier alpha value is -0.940. The first-order valence-electron chi connectivity index (χ1n) is 6.19. The highest BCUT2D eigenvalue weighted by molar-refractivity contribution is 7.11. The average molecular weight is 270 g/mol. The van der Waals surface area contributed by atoms with Crippen LogP contribution in [0.1, 0.15) is 44.0 Å². The minimum atomic E-state index is -0.297. The predicted octanol–water partition coefficient (Wildman–Crippen LogP) is 2.66. The molecule has 0 fully saturated rings. The largest absolute Gasteiger partial charge is 0.459 e. The van der Waals surface area contributed by atoms with E-state index in [-0.39, 0.29) is 17.6 Å². The van der Waals surface area contributed by atoms with Crippen molar-refractivity contribution in [3.8, 4) is 0 Å². The lowest BCUT2D eigenvalue weighted by Gasteiger charge is -2.27. The summed E-state index contributed by atoms with van der Waals surface area (Å²) in [5, 5.41) is 4.25. The van der Waals surface area contributed by atoms with Crippen LogP contribution in [0.2, 0.25) is 0 Å². The lowest BCUT2D eigenvalue weighted by Crippen LogP contribution is -2.48. The number of aromatic nitrogens is 1. The number of carbonyl (C=O) groups is 1. The van der Waals surface area contributed by atoms with Crippen LogP contribution in [-0.4, -0.2) is 22.5 Å². The topological polar surface area (TPSA) is 51.2 Å². The number of carbonyl (C=O) groups excluding carboxylic acids is 1. The highest BCUT2D eigenvalue weighted by Crippen LogP contribution is 2.13. The molecule has 1 heterocycles. The molecule has 0 aliphatic carbocycles. The molecule has 0 bridgehead atoms. The number of hydrogen-bond acceptors (Lipinski definition) is 5. The SMILES string of the molecule is CCC(C)(C)N[C@H](C)C(=O)OCc1cnc(C)s1. The number of hydrogen-bond donors (Lipinski definition) is 1. The van der Waals surface area contributed by atoms with E-state index in [1.807, 2.05) is 13.8 Å². The Morgan fingerprint density at radius 3 is 2.78 bits per heavy atom. The molecule has 0 radical (unpaired) electrons. The summed E-state index contributed by atoms with van der Waals surface area (Å²) in [5.74, 6) is -0.220. The fourth-order valence-corrected chi connectivity index (χ4v) is 2.19. The minimum absolute atomic E-state index is 0.0560. The van der Waals surface area contributed by atoms with E-state index in [0.29, 0.717) is 6.61 Å². The van der Waals surface area contributed by atoms with Gasteiger partial charge in [0, 0.05) is 11.7 Å².